The zero-order valence-electron chi connectivity index (χ0n) is 75.1. The van der Waals surface area contributed by atoms with Crippen LogP contribution >= 0.6 is 0 Å². The maximum atomic E-state index is 15.1. The van der Waals surface area contributed by atoms with E-state index in [4.69, 9.17) is 22.6 Å². The number of para-hydroxylation sites is 2. The van der Waals surface area contributed by atoms with E-state index in [-0.39, 0.29) is 132 Å². The van der Waals surface area contributed by atoms with Crippen molar-refractivity contribution in [1.82, 2.24) is 84.0 Å². The number of aromatic amines is 2. The molecule has 42 heteroatoms. The number of nitrogens with two attached hydrogens (primary N) is 3. The monoisotopic (exact) mass is 1840 g/mol. The second kappa shape index (κ2) is 51.0. The minimum atomic E-state index is -1.95. The first-order chi connectivity index (χ1) is 62.5. The lowest BCUT2D eigenvalue weighted by Crippen LogP contribution is -2.62. The predicted octanol–water partition coefficient (Wildman–Crippen LogP) is -0.568. The standard InChI is InChI=1S/C90H126N20O22/c1-46(2)35-63(79(121)98-62(22-15-33-95-90(93)94)78(120)108-71(89(131)132)43-74(116)117)102-83(125)68(40-53-44-96-59-19-11-9-17-57(53)59)104-80(122)64(36-47(3)4)101-77(119)61(21-13-14-32-91)99-87(129)75(50(8)111)109-85(127)65(37-48(5)6)106-86(128)72-23-16-34-110(72)88(130)70(42-73(114)115)107-82(124)67(39-52-26-30-56(113)31-27-52)103-84(126)69(41-54-45-97-60-20-12-10-18-58(54)60)105-81(123)66(100-76(118)49(7)92)38-51-24-28-55(112)29-25-51/h9-12,17-20,24-31,44-50,61-72,75,96-97,111-113H,13-16,21-23,32-43,91-92H2,1-8H3,(H,98,121)(H,99,129)(H,100,118)(H,101,119)(H,102,125)(H,103,126)(H,104,122)(H,105,123)(H,106,128)(H,107,124)(H,108,120)(H,109,127)(H,114,115)(H,116,117)(H,131,132)(H4,93,94,95)/t49-,50+,61-,62-,63-,64-,65-,66-,67-,68-,69-,70-,71-,72-,75-/m0/s1. The van der Waals surface area contributed by atoms with Crippen molar-refractivity contribution in [2.24, 2.45) is 35.0 Å². The largest absolute Gasteiger partial charge is 0.508 e. The first-order valence-corrected chi connectivity index (χ1v) is 44.0. The van der Waals surface area contributed by atoms with Gasteiger partial charge in [-0.25, -0.2) is 4.79 Å². The fourth-order valence-electron chi connectivity index (χ4n) is 15.2. The highest BCUT2D eigenvalue weighted by molar-refractivity contribution is 6.02. The van der Waals surface area contributed by atoms with Gasteiger partial charge in [-0.2, -0.15) is 0 Å². The van der Waals surface area contributed by atoms with E-state index in [9.17, 15) is 83.4 Å². The van der Waals surface area contributed by atoms with Gasteiger partial charge in [-0.1, -0.05) is 102 Å². The number of carboxylic acids is 3. The summed E-state index contributed by atoms with van der Waals surface area (Å²) in [4.78, 5) is 234. The van der Waals surface area contributed by atoms with E-state index in [0.717, 1.165) is 4.90 Å². The summed E-state index contributed by atoms with van der Waals surface area (Å²) >= 11 is 0. The third kappa shape index (κ3) is 33.0. The van der Waals surface area contributed by atoms with Gasteiger partial charge in [0.1, 0.15) is 90.0 Å². The van der Waals surface area contributed by atoms with Crippen molar-refractivity contribution >= 4 is 122 Å². The number of nitrogens with one attached hydrogen (secondary N) is 16. The molecule has 6 aromatic rings. The number of benzene rings is 4. The lowest BCUT2D eigenvalue weighted by Gasteiger charge is -2.31. The number of guanidine groups is 1. The average Bonchev–Trinajstić information content (AvgIpc) is 1.65. The van der Waals surface area contributed by atoms with E-state index < -0.39 is 204 Å². The molecule has 2 aromatic heterocycles. The highest BCUT2D eigenvalue weighted by Crippen LogP contribution is 2.26. The molecule has 0 saturated carbocycles. The number of phenolic OH excluding ortho intramolecular Hbond substituents is 2. The van der Waals surface area contributed by atoms with E-state index in [2.05, 4.69) is 79.1 Å². The summed E-state index contributed by atoms with van der Waals surface area (Å²) in [5.41, 5.74) is 20.5. The van der Waals surface area contributed by atoms with Gasteiger partial charge in [0, 0.05) is 73.0 Å². The number of likely N-dealkylation sites (tertiary alicyclic amines) is 1. The second-order valence-corrected chi connectivity index (χ2v) is 34.4. The van der Waals surface area contributed by atoms with Crippen LogP contribution in [0, 0.1) is 23.2 Å². The molecule has 0 bridgehead atoms. The number of aliphatic hydroxyl groups excluding tert-OH is 1. The van der Waals surface area contributed by atoms with Crippen LogP contribution < -0.4 is 86.3 Å². The first-order valence-electron chi connectivity index (χ1n) is 44.0. The SMILES string of the molecule is CC(C)C[C@H](NC(=O)[C@H](Cc1c[nH]c2ccccc12)NC(=O)[C@H](CC(C)C)NC(=O)[C@H](CCCCN)NC(=O)[C@@H](NC(=O)[C@H](CC(C)C)NC(=O)[C@@H]1CCCN1C(=O)[C@H](CC(=O)O)NC(=O)[C@H](Cc1ccc(O)cc1)NC(=O)[C@H](Cc1c[nH]c2ccccc12)NC(=O)[C@H](Cc1ccc(O)cc1)NC(=O)[C@H](C)N)[C@@H](C)O)C(=O)N[C@@H](CCCNC(=N)N)C(=O)N[C@@H](CC(=O)O)C(=O)O. The van der Waals surface area contributed by atoms with Gasteiger partial charge in [0.25, 0.3) is 0 Å². The Kier molecular flexibility index (Phi) is 40.7. The number of hydrogen-bond donors (Lipinski definition) is 25. The van der Waals surface area contributed by atoms with Gasteiger partial charge >= 0.3 is 17.9 Å². The second-order valence-electron chi connectivity index (χ2n) is 34.4. The maximum absolute atomic E-state index is 15.1. The first kappa shape index (κ1) is 105. The summed E-state index contributed by atoms with van der Waals surface area (Å²) in [7, 11) is 0. The number of nitrogens with zero attached hydrogens (tertiary/aromatic N) is 1. The Morgan fingerprint density at radius 2 is 0.803 bits per heavy atom. The third-order valence-corrected chi connectivity index (χ3v) is 22.0. The molecule has 15 atom stereocenters. The van der Waals surface area contributed by atoms with Gasteiger partial charge in [-0.05, 0) is 161 Å². The lowest BCUT2D eigenvalue weighted by atomic mass is 9.98. The summed E-state index contributed by atoms with van der Waals surface area (Å²) in [5, 5.41) is 104. The summed E-state index contributed by atoms with van der Waals surface area (Å²) < 4.78 is 0. The number of amides is 13. The molecule has 718 valence electrons. The van der Waals surface area contributed by atoms with Crippen LogP contribution in [0.15, 0.2) is 109 Å². The number of unbranched alkanes of at least 4 members (excludes halogenated alkanes) is 1. The highest BCUT2D eigenvalue weighted by Gasteiger charge is 2.43. The minimum absolute atomic E-state index is 0.0168. The van der Waals surface area contributed by atoms with Crippen LogP contribution in [-0.2, 0) is 102 Å². The van der Waals surface area contributed by atoms with Gasteiger partial charge < -0.3 is 132 Å². The van der Waals surface area contributed by atoms with Gasteiger partial charge in [0.05, 0.1) is 25.0 Å². The number of phenols is 2. The smallest absolute Gasteiger partial charge is 0.326 e. The number of rotatable bonds is 53. The van der Waals surface area contributed by atoms with E-state index >= 15 is 24.0 Å². The van der Waals surface area contributed by atoms with Crippen molar-refractivity contribution in [3.63, 3.8) is 0 Å². The Balaban J connectivity index is 1.10. The van der Waals surface area contributed by atoms with Gasteiger partial charge in [0.15, 0.2) is 5.96 Å². The van der Waals surface area contributed by atoms with E-state index in [1.54, 1.807) is 102 Å². The lowest BCUT2D eigenvalue weighted by molar-refractivity contribution is -0.147. The Labute approximate surface area is 762 Å². The molecular formula is C90H126N20O22. The van der Waals surface area contributed by atoms with E-state index in [0.29, 0.717) is 50.5 Å². The van der Waals surface area contributed by atoms with Crippen molar-refractivity contribution < 1.29 is 107 Å². The number of carboxylic acid groups (broad SMARTS) is 3. The van der Waals surface area contributed by atoms with Crippen LogP contribution in [0.25, 0.3) is 21.8 Å². The number of aliphatic hydroxyl groups is 1. The fourth-order valence-corrected chi connectivity index (χ4v) is 15.2. The number of carbonyl (C=O) groups is 16. The average molecular weight is 1840 g/mol. The van der Waals surface area contributed by atoms with Crippen molar-refractivity contribution in [3.05, 3.63) is 132 Å². The molecule has 0 unspecified atom stereocenters. The van der Waals surface area contributed by atoms with Crippen LogP contribution in [-0.4, -0.2) is 256 Å². The van der Waals surface area contributed by atoms with E-state index in [1.165, 1.54) is 62.4 Å². The van der Waals surface area contributed by atoms with Crippen LogP contribution in [0.2, 0.25) is 0 Å². The number of aromatic hydroxyl groups is 2. The number of carbonyl (C=O) groups excluding carboxylic acids is 13. The van der Waals surface area contributed by atoms with Crippen molar-refractivity contribution in [2.75, 3.05) is 19.6 Å². The molecule has 1 saturated heterocycles. The fraction of sp³-hybridized carbons (Fsp3) is 0.500. The molecule has 4 aromatic carbocycles. The molecule has 42 nitrogen and oxygen atoms in total. The van der Waals surface area contributed by atoms with Crippen molar-refractivity contribution in [1.29, 1.82) is 5.41 Å². The van der Waals surface area contributed by atoms with Crippen molar-refractivity contribution in [3.8, 4) is 11.5 Å². The molecule has 0 radical (unpaired) electrons. The molecule has 132 heavy (non-hydrogen) atoms. The zero-order chi connectivity index (χ0) is 97.3. The molecular weight excluding hydrogens is 1710 g/mol. The number of fused-ring (bicyclic) bond motifs is 2. The van der Waals surface area contributed by atoms with Crippen LogP contribution in [0.4, 0.5) is 0 Å². The molecule has 13 amide bonds. The Hall–Kier alpha value is -13.8. The third-order valence-electron chi connectivity index (χ3n) is 22.0. The molecule has 3 heterocycles. The predicted molar refractivity (Wildman–Crippen MR) is 483 cm³/mol. The van der Waals surface area contributed by atoms with Crippen LogP contribution in [0.3, 0.4) is 0 Å². The molecule has 0 aliphatic carbocycles. The van der Waals surface area contributed by atoms with Gasteiger partial charge in [-0.15, -0.1) is 0 Å². The summed E-state index contributed by atoms with van der Waals surface area (Å²) in [5.74, 6) is -19.1. The van der Waals surface area contributed by atoms with E-state index in [1.807, 2.05) is 0 Å². The van der Waals surface area contributed by atoms with Crippen molar-refractivity contribution in [2.45, 2.75) is 249 Å². The van der Waals surface area contributed by atoms with Gasteiger partial charge in [0.2, 0.25) is 76.8 Å². The zero-order valence-corrected chi connectivity index (χ0v) is 75.1. The molecule has 1 aliphatic heterocycles. The molecule has 0 spiro atoms. The molecule has 7 rings (SSSR count). The van der Waals surface area contributed by atoms with Crippen LogP contribution in [0.5, 0.6) is 11.5 Å². The maximum Gasteiger partial charge on any atom is 0.326 e. The quantitative estimate of drug-likeness (QED) is 0.0129. The summed E-state index contributed by atoms with van der Waals surface area (Å²) in [6, 6.07) is 3.49. The molecule has 1 aliphatic rings. The number of aliphatic carboxylic acids is 3. The Morgan fingerprint density at radius 3 is 1.22 bits per heavy atom. The highest BCUT2D eigenvalue weighted by atomic mass is 16.4. The number of aromatic nitrogens is 2. The Bertz CT molecular complexity index is 5020. The normalized spacial score (nSPS) is 15.7. The summed E-state index contributed by atoms with van der Waals surface area (Å²) in [6.07, 6.45) is -1.52. The topological polar surface area (TPSA) is 688 Å². The Morgan fingerprint density at radius 1 is 0.439 bits per heavy atom. The van der Waals surface area contributed by atoms with Gasteiger partial charge in [-0.3, -0.25) is 77.3 Å². The minimum Gasteiger partial charge on any atom is -0.508 e. The molecule has 28 N–H and O–H groups in total. The summed E-state index contributed by atoms with van der Waals surface area (Å²) in [6.45, 7) is 12.9. The number of H-pyrrole nitrogens is 2. The van der Waals surface area contributed by atoms with Crippen LogP contribution in [0.1, 0.15) is 155 Å². The molecule has 1 fully saturated rings. The number of hydrogen-bond acceptors (Lipinski definition) is 22.